The molecular formula is C21H20ClFN6O2S. The Labute approximate surface area is 192 Å². The van der Waals surface area contributed by atoms with Crippen molar-refractivity contribution in [3.8, 4) is 10.4 Å². The van der Waals surface area contributed by atoms with Gasteiger partial charge in [0.25, 0.3) is 5.91 Å². The van der Waals surface area contributed by atoms with Crippen molar-refractivity contribution in [3.05, 3.63) is 59.3 Å². The monoisotopic (exact) mass is 474 g/mol. The molecule has 0 radical (unpaired) electrons. The van der Waals surface area contributed by atoms with Gasteiger partial charge < -0.3 is 10.6 Å². The quantitative estimate of drug-likeness (QED) is 0.445. The average Bonchev–Trinajstić information content (AvgIpc) is 3.20. The maximum Gasteiger partial charge on any atom is 0.325 e. The molecule has 11 heteroatoms. The Kier molecular flexibility index (Phi) is 6.93. The third-order valence-corrected chi connectivity index (χ3v) is 6.23. The molecule has 8 nitrogen and oxygen atoms in total. The van der Waals surface area contributed by atoms with Crippen molar-refractivity contribution in [3.63, 3.8) is 0 Å². The second kappa shape index (κ2) is 10.0. The molecule has 3 aromatic rings. The Morgan fingerprint density at radius 3 is 2.81 bits per heavy atom. The molecule has 0 aliphatic carbocycles. The Balaban J connectivity index is 1.59. The molecule has 0 spiro atoms. The van der Waals surface area contributed by atoms with E-state index < -0.39 is 11.8 Å². The summed E-state index contributed by atoms with van der Waals surface area (Å²) in [6.45, 7) is 1.61. The largest absolute Gasteiger partial charge is 0.348 e. The first kappa shape index (κ1) is 22.1. The van der Waals surface area contributed by atoms with E-state index in [-0.39, 0.29) is 22.8 Å². The molecule has 32 heavy (non-hydrogen) atoms. The van der Waals surface area contributed by atoms with Crippen LogP contribution in [0.5, 0.6) is 0 Å². The molecule has 0 unspecified atom stereocenters. The predicted molar refractivity (Wildman–Crippen MR) is 123 cm³/mol. The van der Waals surface area contributed by atoms with Crippen LogP contribution in [0.3, 0.4) is 0 Å². The van der Waals surface area contributed by atoms with Crippen LogP contribution in [-0.4, -0.2) is 41.0 Å². The van der Waals surface area contributed by atoms with E-state index in [1.807, 2.05) is 0 Å². The SMILES string of the molecule is O=C(Nc1cnccn1)Nc1sc(-c2ccc(F)c(Cl)c2)cc1C(=O)N[C@H]1CCCNC1. The zero-order valence-electron chi connectivity index (χ0n) is 16.8. The molecule has 1 aliphatic rings. The lowest BCUT2D eigenvalue weighted by atomic mass is 10.1. The summed E-state index contributed by atoms with van der Waals surface area (Å²) in [6.07, 6.45) is 6.20. The van der Waals surface area contributed by atoms with Crippen LogP contribution in [-0.2, 0) is 0 Å². The summed E-state index contributed by atoms with van der Waals surface area (Å²) in [6, 6.07) is 5.42. The van der Waals surface area contributed by atoms with Crippen LogP contribution in [0.4, 0.5) is 20.0 Å². The van der Waals surface area contributed by atoms with E-state index in [0.29, 0.717) is 27.5 Å². The molecule has 166 valence electrons. The van der Waals surface area contributed by atoms with Gasteiger partial charge in [-0.3, -0.25) is 20.4 Å². The maximum absolute atomic E-state index is 13.6. The molecule has 3 heterocycles. The molecule has 1 aliphatic heterocycles. The first-order chi connectivity index (χ1) is 15.5. The van der Waals surface area contributed by atoms with E-state index in [1.54, 1.807) is 12.1 Å². The normalized spacial score (nSPS) is 15.8. The van der Waals surface area contributed by atoms with Crippen LogP contribution in [0.2, 0.25) is 5.02 Å². The fourth-order valence-corrected chi connectivity index (χ4v) is 4.52. The predicted octanol–water partition coefficient (Wildman–Crippen LogP) is 4.12. The number of halogens is 2. The van der Waals surface area contributed by atoms with Crippen molar-refractivity contribution in [2.24, 2.45) is 0 Å². The fraction of sp³-hybridized carbons (Fsp3) is 0.238. The summed E-state index contributed by atoms with van der Waals surface area (Å²) in [5, 5.41) is 11.9. The highest BCUT2D eigenvalue weighted by molar-refractivity contribution is 7.20. The van der Waals surface area contributed by atoms with Gasteiger partial charge in [0.2, 0.25) is 0 Å². The molecule has 1 saturated heterocycles. The van der Waals surface area contributed by atoms with Gasteiger partial charge in [-0.15, -0.1) is 11.3 Å². The number of hydrogen-bond acceptors (Lipinski definition) is 6. The number of benzene rings is 1. The zero-order valence-corrected chi connectivity index (χ0v) is 18.4. The van der Waals surface area contributed by atoms with Crippen molar-refractivity contribution in [2.45, 2.75) is 18.9 Å². The molecule has 0 bridgehead atoms. The van der Waals surface area contributed by atoms with Crippen molar-refractivity contribution in [1.82, 2.24) is 20.6 Å². The number of carbonyl (C=O) groups excluding carboxylic acids is 2. The molecule has 1 atom stereocenters. The number of rotatable bonds is 5. The number of urea groups is 1. The highest BCUT2D eigenvalue weighted by Gasteiger charge is 2.22. The van der Waals surface area contributed by atoms with Gasteiger partial charge in [0, 0.05) is 29.9 Å². The number of hydrogen-bond donors (Lipinski definition) is 4. The van der Waals surface area contributed by atoms with E-state index in [2.05, 4.69) is 31.2 Å². The van der Waals surface area contributed by atoms with E-state index >= 15 is 0 Å². The van der Waals surface area contributed by atoms with Crippen LogP contribution in [0, 0.1) is 5.82 Å². The molecule has 4 rings (SSSR count). The summed E-state index contributed by atoms with van der Waals surface area (Å²) in [4.78, 5) is 34.1. The van der Waals surface area contributed by atoms with Gasteiger partial charge in [0.15, 0.2) is 5.82 Å². The van der Waals surface area contributed by atoms with Crippen molar-refractivity contribution < 1.29 is 14.0 Å². The number of aromatic nitrogens is 2. The fourth-order valence-electron chi connectivity index (χ4n) is 3.30. The number of piperidine rings is 1. The molecular weight excluding hydrogens is 455 g/mol. The van der Waals surface area contributed by atoms with Gasteiger partial charge in [-0.2, -0.15) is 0 Å². The summed E-state index contributed by atoms with van der Waals surface area (Å²) in [7, 11) is 0. The van der Waals surface area contributed by atoms with Crippen molar-refractivity contribution in [1.29, 1.82) is 0 Å². The van der Waals surface area contributed by atoms with Gasteiger partial charge in [-0.05, 0) is 43.1 Å². The third-order valence-electron chi connectivity index (χ3n) is 4.84. The molecule has 4 N–H and O–H groups in total. The summed E-state index contributed by atoms with van der Waals surface area (Å²) >= 11 is 7.12. The van der Waals surface area contributed by atoms with Crippen LogP contribution in [0.15, 0.2) is 42.9 Å². The Bertz CT molecular complexity index is 1120. The van der Waals surface area contributed by atoms with Crippen molar-refractivity contribution in [2.75, 3.05) is 23.7 Å². The van der Waals surface area contributed by atoms with E-state index in [4.69, 9.17) is 11.6 Å². The summed E-state index contributed by atoms with van der Waals surface area (Å²) in [5.74, 6) is -0.563. The van der Waals surface area contributed by atoms with Gasteiger partial charge in [0.1, 0.15) is 10.8 Å². The number of nitrogens with one attached hydrogen (secondary N) is 4. The third kappa shape index (κ3) is 5.39. The van der Waals surface area contributed by atoms with E-state index in [0.717, 1.165) is 19.4 Å². The molecule has 0 saturated carbocycles. The average molecular weight is 475 g/mol. The van der Waals surface area contributed by atoms with Gasteiger partial charge in [-0.1, -0.05) is 17.7 Å². The lowest BCUT2D eigenvalue weighted by Crippen LogP contribution is -2.45. The molecule has 1 fully saturated rings. The highest BCUT2D eigenvalue weighted by Crippen LogP contribution is 2.37. The molecule has 2 aromatic heterocycles. The maximum atomic E-state index is 13.6. The first-order valence-electron chi connectivity index (χ1n) is 9.94. The van der Waals surface area contributed by atoms with Gasteiger partial charge in [0.05, 0.1) is 16.8 Å². The first-order valence-corrected chi connectivity index (χ1v) is 11.1. The Morgan fingerprint density at radius 1 is 1.22 bits per heavy atom. The van der Waals surface area contributed by atoms with Gasteiger partial charge >= 0.3 is 6.03 Å². The molecule has 3 amide bonds. The second-order valence-electron chi connectivity index (χ2n) is 7.17. The van der Waals surface area contributed by atoms with E-state index in [1.165, 1.54) is 42.1 Å². The van der Waals surface area contributed by atoms with Crippen LogP contribution in [0.25, 0.3) is 10.4 Å². The summed E-state index contributed by atoms with van der Waals surface area (Å²) in [5.41, 5.74) is 0.947. The smallest absolute Gasteiger partial charge is 0.325 e. The van der Waals surface area contributed by atoms with E-state index in [9.17, 15) is 14.0 Å². The number of anilines is 2. The van der Waals surface area contributed by atoms with Crippen LogP contribution >= 0.6 is 22.9 Å². The number of amides is 3. The number of carbonyl (C=O) groups is 2. The van der Waals surface area contributed by atoms with Crippen LogP contribution < -0.4 is 21.3 Å². The lowest BCUT2D eigenvalue weighted by Gasteiger charge is -2.23. The minimum Gasteiger partial charge on any atom is -0.348 e. The standard InChI is InChI=1S/C21H20ClFN6O2S/c22-15-8-12(3-4-16(15)23)17-9-14(19(30)27-13-2-1-5-24-10-13)20(32-17)29-21(31)28-18-11-25-6-7-26-18/h3-4,6-9,11,13,24H,1-2,5,10H2,(H,27,30)(H2,26,28,29,31)/t13-/m0/s1. The summed E-state index contributed by atoms with van der Waals surface area (Å²) < 4.78 is 13.6. The number of nitrogens with zero attached hydrogens (tertiary/aromatic N) is 2. The molecule has 1 aromatic carbocycles. The topological polar surface area (TPSA) is 108 Å². The lowest BCUT2D eigenvalue weighted by molar-refractivity contribution is 0.0932. The minimum absolute atomic E-state index is 0.00105. The zero-order chi connectivity index (χ0) is 22.5. The Hall–Kier alpha value is -3.08. The van der Waals surface area contributed by atoms with Crippen molar-refractivity contribution >= 4 is 45.7 Å². The Morgan fingerprint density at radius 2 is 2.09 bits per heavy atom. The second-order valence-corrected chi connectivity index (χ2v) is 8.63. The van der Waals surface area contributed by atoms with Crippen LogP contribution in [0.1, 0.15) is 23.2 Å². The van der Waals surface area contributed by atoms with Gasteiger partial charge in [-0.25, -0.2) is 14.2 Å². The highest BCUT2D eigenvalue weighted by atomic mass is 35.5. The number of thiophene rings is 1. The minimum atomic E-state index is -0.565.